The van der Waals surface area contributed by atoms with E-state index in [1.54, 1.807) is 0 Å². The van der Waals surface area contributed by atoms with Gasteiger partial charge in [0.2, 0.25) is 0 Å². The molecule has 0 aliphatic carbocycles. The second kappa shape index (κ2) is 8.04. The molecule has 0 heterocycles. The van der Waals surface area contributed by atoms with Gasteiger partial charge in [0.05, 0.1) is 13.0 Å². The van der Waals surface area contributed by atoms with E-state index in [2.05, 4.69) is 12.2 Å². The number of benzene rings is 1. The lowest BCUT2D eigenvalue weighted by molar-refractivity contribution is -0.133. The monoisotopic (exact) mass is 275 g/mol. The molecule has 1 aromatic rings. The van der Waals surface area contributed by atoms with E-state index in [0.29, 0.717) is 13.2 Å². The van der Waals surface area contributed by atoms with E-state index < -0.39 is 12.6 Å². The Morgan fingerprint density at radius 1 is 1.16 bits per heavy atom. The zero-order chi connectivity index (χ0) is 14.1. The second-order valence-corrected chi connectivity index (χ2v) is 4.39. The Labute approximate surface area is 112 Å². The van der Waals surface area contributed by atoms with Crippen molar-refractivity contribution in [3.05, 3.63) is 29.8 Å². The minimum absolute atomic E-state index is 0.0573. The molecular weight excluding hydrogens is 255 g/mol. The summed E-state index contributed by atoms with van der Waals surface area (Å²) >= 11 is 0. The van der Waals surface area contributed by atoms with Gasteiger partial charge < -0.3 is 10.1 Å². The van der Waals surface area contributed by atoms with Crippen molar-refractivity contribution in [2.24, 2.45) is 0 Å². The van der Waals surface area contributed by atoms with Gasteiger partial charge in [-0.1, -0.05) is 25.5 Å². The highest BCUT2D eigenvalue weighted by Gasteiger charge is 2.25. The number of hydrogen-bond acceptors (Lipinski definition) is 2. The van der Waals surface area contributed by atoms with Gasteiger partial charge >= 0.3 is 6.18 Å². The number of nitrogens with one attached hydrogen (secondary N) is 1. The molecule has 1 N–H and O–H groups in total. The third-order valence-electron chi connectivity index (χ3n) is 2.60. The molecule has 0 amide bonds. The fraction of sp³-hybridized carbons (Fsp3) is 0.571. The van der Waals surface area contributed by atoms with Crippen molar-refractivity contribution in [2.75, 3.05) is 13.2 Å². The molecule has 1 rings (SSSR count). The lowest BCUT2D eigenvalue weighted by atomic mass is 10.2. The quantitative estimate of drug-likeness (QED) is 0.726. The Kier molecular flexibility index (Phi) is 6.70. The van der Waals surface area contributed by atoms with E-state index in [-0.39, 0.29) is 6.54 Å². The van der Waals surface area contributed by atoms with Crippen molar-refractivity contribution in [1.82, 2.24) is 5.32 Å². The van der Waals surface area contributed by atoms with Crippen LogP contribution in [0.3, 0.4) is 0 Å². The molecule has 0 fully saturated rings. The fourth-order valence-corrected chi connectivity index (χ4v) is 1.50. The highest BCUT2D eigenvalue weighted by molar-refractivity contribution is 5.27. The highest BCUT2D eigenvalue weighted by atomic mass is 19.4. The summed E-state index contributed by atoms with van der Waals surface area (Å²) in [4.78, 5) is 0. The zero-order valence-electron chi connectivity index (χ0n) is 11.1. The summed E-state index contributed by atoms with van der Waals surface area (Å²) in [6.07, 6.45) is -2.79. The Bertz CT molecular complexity index is 349. The average Bonchev–Trinajstić information content (AvgIpc) is 2.36. The van der Waals surface area contributed by atoms with E-state index in [1.165, 1.54) is 0 Å². The van der Waals surface area contributed by atoms with Crippen molar-refractivity contribution in [2.45, 2.75) is 38.9 Å². The van der Waals surface area contributed by atoms with Gasteiger partial charge in [0.15, 0.2) is 0 Å². The summed E-state index contributed by atoms with van der Waals surface area (Å²) in [5.41, 5.74) is 0.949. The van der Waals surface area contributed by atoms with E-state index in [9.17, 15) is 13.2 Å². The molecule has 19 heavy (non-hydrogen) atoms. The molecule has 0 aliphatic heterocycles. The summed E-state index contributed by atoms with van der Waals surface area (Å²) in [5, 5.41) is 2.77. The summed E-state index contributed by atoms with van der Waals surface area (Å²) in [7, 11) is 0. The van der Waals surface area contributed by atoms with Gasteiger partial charge in [-0.25, -0.2) is 0 Å². The largest absolute Gasteiger partial charge is 0.494 e. The first-order valence-corrected chi connectivity index (χ1v) is 6.50. The van der Waals surface area contributed by atoms with Crippen LogP contribution in [0.2, 0.25) is 0 Å². The topological polar surface area (TPSA) is 21.3 Å². The number of unbranched alkanes of at least 4 members (excludes halogenated alkanes) is 1. The normalized spacial score (nSPS) is 11.6. The molecular formula is C14H20F3NO. The van der Waals surface area contributed by atoms with Crippen LogP contribution in [0.4, 0.5) is 13.2 Å². The molecule has 5 heteroatoms. The number of alkyl halides is 3. The van der Waals surface area contributed by atoms with Crippen molar-refractivity contribution >= 4 is 0 Å². The minimum atomic E-state index is -4.09. The molecule has 108 valence electrons. The van der Waals surface area contributed by atoms with Crippen molar-refractivity contribution in [3.63, 3.8) is 0 Å². The van der Waals surface area contributed by atoms with E-state index in [1.807, 2.05) is 24.3 Å². The van der Waals surface area contributed by atoms with Crippen LogP contribution in [-0.2, 0) is 6.54 Å². The van der Waals surface area contributed by atoms with Crippen LogP contribution < -0.4 is 10.1 Å². The lowest BCUT2D eigenvalue weighted by Gasteiger charge is -2.09. The van der Waals surface area contributed by atoms with Crippen LogP contribution in [0.25, 0.3) is 0 Å². The summed E-state index contributed by atoms with van der Waals surface area (Å²) in [6.45, 7) is 3.17. The molecule has 0 atom stereocenters. The van der Waals surface area contributed by atoms with Gasteiger partial charge in [0.25, 0.3) is 0 Å². The number of halogens is 3. The van der Waals surface area contributed by atoms with Gasteiger partial charge in [-0.2, -0.15) is 13.2 Å². The molecule has 0 saturated carbocycles. The van der Waals surface area contributed by atoms with Gasteiger partial charge in [-0.15, -0.1) is 0 Å². The molecule has 1 aromatic carbocycles. The molecule has 0 aliphatic rings. The average molecular weight is 275 g/mol. The standard InChI is InChI=1S/C14H20F3NO/c1-2-3-10-19-13-6-4-12(5-7-13)11-18-9-8-14(15,16)17/h4-7,18H,2-3,8-11H2,1H3. The van der Waals surface area contributed by atoms with Crippen LogP contribution in [-0.4, -0.2) is 19.3 Å². The Balaban J connectivity index is 2.24. The van der Waals surface area contributed by atoms with Gasteiger partial charge in [0, 0.05) is 13.1 Å². The molecule has 0 bridgehead atoms. The minimum Gasteiger partial charge on any atom is -0.494 e. The van der Waals surface area contributed by atoms with Gasteiger partial charge in [-0.3, -0.25) is 0 Å². The fourth-order valence-electron chi connectivity index (χ4n) is 1.50. The van der Waals surface area contributed by atoms with Crippen LogP contribution in [0.5, 0.6) is 5.75 Å². The summed E-state index contributed by atoms with van der Waals surface area (Å²) < 4.78 is 41.3. The SMILES string of the molecule is CCCCOc1ccc(CNCCC(F)(F)F)cc1. The third-order valence-corrected chi connectivity index (χ3v) is 2.60. The molecule has 0 aromatic heterocycles. The van der Waals surface area contributed by atoms with E-state index in [4.69, 9.17) is 4.74 Å². The van der Waals surface area contributed by atoms with Crippen LogP contribution in [0, 0.1) is 0 Å². The van der Waals surface area contributed by atoms with Crippen LogP contribution in [0.1, 0.15) is 31.7 Å². The summed E-state index contributed by atoms with van der Waals surface area (Å²) in [5.74, 6) is 0.799. The van der Waals surface area contributed by atoms with E-state index in [0.717, 1.165) is 24.2 Å². The first kappa shape index (κ1) is 15.8. The van der Waals surface area contributed by atoms with Crippen LogP contribution in [0.15, 0.2) is 24.3 Å². The van der Waals surface area contributed by atoms with Crippen molar-refractivity contribution < 1.29 is 17.9 Å². The second-order valence-electron chi connectivity index (χ2n) is 4.39. The first-order chi connectivity index (χ1) is 9.01. The van der Waals surface area contributed by atoms with Crippen molar-refractivity contribution in [3.8, 4) is 5.75 Å². The molecule has 0 spiro atoms. The molecule has 0 radical (unpaired) electrons. The lowest BCUT2D eigenvalue weighted by Crippen LogP contribution is -2.21. The maximum atomic E-state index is 11.9. The Hall–Kier alpha value is -1.23. The smallest absolute Gasteiger partial charge is 0.390 e. The van der Waals surface area contributed by atoms with Crippen molar-refractivity contribution in [1.29, 1.82) is 0 Å². The Morgan fingerprint density at radius 2 is 1.84 bits per heavy atom. The van der Waals surface area contributed by atoms with Gasteiger partial charge in [-0.05, 0) is 24.1 Å². The zero-order valence-corrected chi connectivity index (χ0v) is 11.1. The predicted octanol–water partition coefficient (Wildman–Crippen LogP) is 3.91. The third kappa shape index (κ3) is 7.72. The molecule has 0 saturated heterocycles. The summed E-state index contributed by atoms with van der Waals surface area (Å²) in [6, 6.07) is 7.41. The Morgan fingerprint density at radius 3 is 2.42 bits per heavy atom. The maximum Gasteiger partial charge on any atom is 0.390 e. The highest BCUT2D eigenvalue weighted by Crippen LogP contribution is 2.18. The maximum absolute atomic E-state index is 11.9. The van der Waals surface area contributed by atoms with E-state index >= 15 is 0 Å². The number of hydrogen-bond donors (Lipinski definition) is 1. The predicted molar refractivity (Wildman–Crippen MR) is 69.2 cm³/mol. The van der Waals surface area contributed by atoms with Gasteiger partial charge in [0.1, 0.15) is 5.75 Å². The molecule has 2 nitrogen and oxygen atoms in total. The number of rotatable bonds is 8. The molecule has 0 unspecified atom stereocenters. The first-order valence-electron chi connectivity index (χ1n) is 6.50. The van der Waals surface area contributed by atoms with Crippen LogP contribution >= 0.6 is 0 Å². The number of ether oxygens (including phenoxy) is 1.